The lowest BCUT2D eigenvalue weighted by molar-refractivity contribution is 0.122. The molecule has 0 bridgehead atoms. The first-order valence-corrected chi connectivity index (χ1v) is 8.83. The van der Waals surface area contributed by atoms with Gasteiger partial charge in [0.15, 0.2) is 0 Å². The number of nitrogens with zero attached hydrogens (tertiary/aromatic N) is 3. The lowest BCUT2D eigenvalue weighted by Gasteiger charge is -2.30. The lowest BCUT2D eigenvalue weighted by atomic mass is 10.0. The number of morpholine rings is 1. The van der Waals surface area contributed by atoms with Crippen LogP contribution in [0.3, 0.4) is 0 Å². The molecule has 2 aliphatic rings. The summed E-state index contributed by atoms with van der Waals surface area (Å²) in [6.07, 6.45) is 7.29. The number of ether oxygens (including phenoxy) is 1. The van der Waals surface area contributed by atoms with E-state index in [1.807, 2.05) is 0 Å². The highest BCUT2D eigenvalue weighted by atomic mass is 16.5. The molecule has 1 aromatic rings. The van der Waals surface area contributed by atoms with Gasteiger partial charge in [-0.25, -0.2) is 4.98 Å². The zero-order valence-electron chi connectivity index (χ0n) is 14.1. The summed E-state index contributed by atoms with van der Waals surface area (Å²) >= 11 is 0. The number of aryl methyl sites for hydroxylation is 1. The van der Waals surface area contributed by atoms with Crippen LogP contribution in [0.1, 0.15) is 49.8 Å². The fourth-order valence-corrected chi connectivity index (χ4v) is 3.71. The zero-order valence-corrected chi connectivity index (χ0v) is 14.1. The highest BCUT2D eigenvalue weighted by Gasteiger charge is 2.26. The maximum atomic E-state index is 5.44. The van der Waals surface area contributed by atoms with Crippen molar-refractivity contribution in [3.63, 3.8) is 0 Å². The Bertz CT molecular complexity index is 485. The number of hydrogen-bond donors (Lipinski definition) is 0. The van der Waals surface area contributed by atoms with Crippen molar-refractivity contribution in [2.75, 3.05) is 44.3 Å². The first-order chi connectivity index (χ1) is 10.8. The summed E-state index contributed by atoms with van der Waals surface area (Å²) in [4.78, 5) is 9.81. The summed E-state index contributed by atoms with van der Waals surface area (Å²) in [5.41, 5.74) is 2.71. The molecular weight excluding hydrogens is 274 g/mol. The molecule has 2 fully saturated rings. The van der Waals surface area contributed by atoms with Crippen LogP contribution in [0.25, 0.3) is 0 Å². The summed E-state index contributed by atoms with van der Waals surface area (Å²) in [5.74, 6) is 1.14. The zero-order chi connectivity index (χ0) is 15.4. The van der Waals surface area contributed by atoms with Gasteiger partial charge < -0.3 is 9.64 Å². The number of rotatable bonds is 5. The van der Waals surface area contributed by atoms with E-state index in [-0.39, 0.29) is 0 Å². The van der Waals surface area contributed by atoms with Crippen LogP contribution >= 0.6 is 0 Å². The van der Waals surface area contributed by atoms with E-state index in [9.17, 15) is 0 Å². The van der Waals surface area contributed by atoms with Gasteiger partial charge >= 0.3 is 0 Å². The minimum atomic E-state index is 0.580. The van der Waals surface area contributed by atoms with Gasteiger partial charge in [-0.3, -0.25) is 4.90 Å². The van der Waals surface area contributed by atoms with Crippen molar-refractivity contribution < 1.29 is 4.74 Å². The highest BCUT2D eigenvalue weighted by molar-refractivity contribution is 5.48. The van der Waals surface area contributed by atoms with Gasteiger partial charge in [-0.05, 0) is 56.5 Å². The summed E-state index contributed by atoms with van der Waals surface area (Å²) in [6.45, 7) is 10.5. The van der Waals surface area contributed by atoms with Crippen molar-refractivity contribution in [3.05, 3.63) is 23.4 Å². The number of unbranched alkanes of at least 4 members (excludes halogenated alkanes) is 1. The van der Waals surface area contributed by atoms with Crippen LogP contribution in [0.2, 0.25) is 0 Å². The molecule has 1 atom stereocenters. The molecule has 3 heterocycles. The molecule has 3 rings (SSSR count). The van der Waals surface area contributed by atoms with E-state index >= 15 is 0 Å². The third-order valence-electron chi connectivity index (χ3n) is 4.93. The second-order valence-corrected chi connectivity index (χ2v) is 6.56. The molecule has 4 heteroatoms. The Balaban J connectivity index is 1.73. The van der Waals surface area contributed by atoms with Crippen molar-refractivity contribution in [1.82, 2.24) is 9.88 Å². The van der Waals surface area contributed by atoms with Crippen LogP contribution in [-0.4, -0.2) is 49.3 Å². The summed E-state index contributed by atoms with van der Waals surface area (Å²) < 4.78 is 5.44. The fraction of sp³-hybridized carbons (Fsp3) is 0.722. The second kappa shape index (κ2) is 7.42. The number of anilines is 1. The molecule has 0 aliphatic carbocycles. The SMILES string of the molecule is CCCCN1CCC[C@@H]1c1cnc(N2CCOCC2)c(C)c1. The average molecular weight is 303 g/mol. The quantitative estimate of drug-likeness (QED) is 0.835. The van der Waals surface area contributed by atoms with Gasteiger partial charge in [-0.15, -0.1) is 0 Å². The van der Waals surface area contributed by atoms with E-state index in [2.05, 4.69) is 35.9 Å². The molecule has 0 saturated carbocycles. The molecular formula is C18H29N3O. The summed E-state index contributed by atoms with van der Waals surface area (Å²) in [7, 11) is 0. The Morgan fingerprint density at radius 3 is 2.82 bits per heavy atom. The van der Waals surface area contributed by atoms with Gasteiger partial charge in [-0.1, -0.05) is 13.3 Å². The Morgan fingerprint density at radius 2 is 2.09 bits per heavy atom. The monoisotopic (exact) mass is 303 g/mol. The van der Waals surface area contributed by atoms with Gasteiger partial charge in [0.2, 0.25) is 0 Å². The maximum absolute atomic E-state index is 5.44. The van der Waals surface area contributed by atoms with Crippen LogP contribution in [0.15, 0.2) is 12.3 Å². The van der Waals surface area contributed by atoms with Gasteiger partial charge in [0.05, 0.1) is 13.2 Å². The van der Waals surface area contributed by atoms with Crippen LogP contribution in [0.5, 0.6) is 0 Å². The standard InChI is InChI=1S/C18H29N3O/c1-3-4-7-20-8-5-6-17(20)16-13-15(2)18(19-14-16)21-9-11-22-12-10-21/h13-14,17H,3-12H2,1-2H3/t17-/m1/s1. The van der Waals surface area contributed by atoms with Crippen molar-refractivity contribution in [2.24, 2.45) is 0 Å². The van der Waals surface area contributed by atoms with Gasteiger partial charge in [0.1, 0.15) is 5.82 Å². The van der Waals surface area contributed by atoms with Crippen LogP contribution in [0, 0.1) is 6.92 Å². The predicted molar refractivity (Wildman–Crippen MR) is 90.5 cm³/mol. The largest absolute Gasteiger partial charge is 0.378 e. The van der Waals surface area contributed by atoms with E-state index in [1.54, 1.807) is 0 Å². The van der Waals surface area contributed by atoms with Gasteiger partial charge in [0.25, 0.3) is 0 Å². The number of likely N-dealkylation sites (tertiary alicyclic amines) is 1. The summed E-state index contributed by atoms with van der Waals surface area (Å²) in [5, 5.41) is 0. The Kier molecular flexibility index (Phi) is 5.32. The Labute approximate surface area is 134 Å². The molecule has 122 valence electrons. The van der Waals surface area contributed by atoms with Crippen molar-refractivity contribution in [2.45, 2.75) is 45.6 Å². The molecule has 0 unspecified atom stereocenters. The van der Waals surface area contributed by atoms with Gasteiger partial charge in [0, 0.05) is 25.3 Å². The molecule has 1 aromatic heterocycles. The topological polar surface area (TPSA) is 28.6 Å². The smallest absolute Gasteiger partial charge is 0.131 e. The van der Waals surface area contributed by atoms with Crippen molar-refractivity contribution in [3.8, 4) is 0 Å². The Hall–Kier alpha value is -1.13. The number of aromatic nitrogens is 1. The van der Waals surface area contributed by atoms with E-state index in [1.165, 1.54) is 49.9 Å². The molecule has 0 amide bonds. The molecule has 0 aromatic carbocycles. The van der Waals surface area contributed by atoms with E-state index in [4.69, 9.17) is 9.72 Å². The molecule has 4 nitrogen and oxygen atoms in total. The molecule has 0 radical (unpaired) electrons. The number of hydrogen-bond acceptors (Lipinski definition) is 4. The van der Waals surface area contributed by atoms with Crippen molar-refractivity contribution in [1.29, 1.82) is 0 Å². The van der Waals surface area contributed by atoms with Crippen LogP contribution < -0.4 is 4.90 Å². The van der Waals surface area contributed by atoms with E-state index in [0.29, 0.717) is 6.04 Å². The van der Waals surface area contributed by atoms with Crippen molar-refractivity contribution >= 4 is 5.82 Å². The minimum Gasteiger partial charge on any atom is -0.378 e. The normalized spacial score (nSPS) is 23.2. The summed E-state index contributed by atoms with van der Waals surface area (Å²) in [6, 6.07) is 2.95. The Morgan fingerprint density at radius 1 is 1.27 bits per heavy atom. The molecule has 22 heavy (non-hydrogen) atoms. The first kappa shape index (κ1) is 15.8. The van der Waals surface area contributed by atoms with Gasteiger partial charge in [-0.2, -0.15) is 0 Å². The lowest BCUT2D eigenvalue weighted by Crippen LogP contribution is -2.37. The minimum absolute atomic E-state index is 0.580. The third-order valence-corrected chi connectivity index (χ3v) is 4.93. The van der Waals surface area contributed by atoms with E-state index < -0.39 is 0 Å². The molecule has 2 aliphatic heterocycles. The maximum Gasteiger partial charge on any atom is 0.131 e. The first-order valence-electron chi connectivity index (χ1n) is 8.83. The number of pyridine rings is 1. The highest BCUT2D eigenvalue weighted by Crippen LogP contribution is 2.33. The molecule has 0 N–H and O–H groups in total. The molecule has 2 saturated heterocycles. The van der Waals surface area contributed by atoms with Crippen LogP contribution in [0.4, 0.5) is 5.82 Å². The second-order valence-electron chi connectivity index (χ2n) is 6.56. The van der Waals surface area contributed by atoms with Crippen LogP contribution in [-0.2, 0) is 4.74 Å². The predicted octanol–water partition coefficient (Wildman–Crippen LogP) is 3.16. The molecule has 0 spiro atoms. The average Bonchev–Trinajstić information content (AvgIpc) is 3.02. The van der Waals surface area contributed by atoms with E-state index in [0.717, 1.165) is 32.1 Å². The third kappa shape index (κ3) is 3.44. The fourth-order valence-electron chi connectivity index (χ4n) is 3.71.